The van der Waals surface area contributed by atoms with E-state index < -0.39 is 12.2 Å². The second-order valence-corrected chi connectivity index (χ2v) is 5.56. The molecular weight excluding hydrogens is 271 g/mol. The van der Waals surface area contributed by atoms with E-state index in [4.69, 9.17) is 0 Å². The average Bonchev–Trinajstić information content (AvgIpc) is 3.04. The number of halogens is 1. The Kier molecular flexibility index (Phi) is 3.63. The fraction of sp³-hybridized carbons (Fsp3) is 0.467. The minimum atomic E-state index is -0.928. The SMILES string of the molecule is CN(Cc1nc2ccccc2n1C)C(=O)[C@H]1C[C@H](F)CN1. The summed E-state index contributed by atoms with van der Waals surface area (Å²) in [5.41, 5.74) is 1.95. The van der Waals surface area contributed by atoms with Crippen molar-refractivity contribution in [1.29, 1.82) is 0 Å². The number of carbonyl (C=O) groups is 1. The highest BCUT2D eigenvalue weighted by Gasteiger charge is 2.31. The van der Waals surface area contributed by atoms with Gasteiger partial charge in [0.1, 0.15) is 12.0 Å². The number of carbonyl (C=O) groups excluding carboxylic acids is 1. The molecule has 1 aromatic carbocycles. The normalized spacial score (nSPS) is 21.9. The minimum absolute atomic E-state index is 0.0813. The second-order valence-electron chi connectivity index (χ2n) is 5.56. The van der Waals surface area contributed by atoms with Crippen LogP contribution in [0.25, 0.3) is 11.0 Å². The molecule has 1 aliphatic heterocycles. The number of hydrogen-bond donors (Lipinski definition) is 1. The number of para-hydroxylation sites is 2. The smallest absolute Gasteiger partial charge is 0.239 e. The van der Waals surface area contributed by atoms with E-state index in [-0.39, 0.29) is 18.9 Å². The molecule has 5 nitrogen and oxygen atoms in total. The Hall–Kier alpha value is -1.95. The Morgan fingerprint density at radius 1 is 1.52 bits per heavy atom. The van der Waals surface area contributed by atoms with Gasteiger partial charge in [-0.1, -0.05) is 12.1 Å². The number of fused-ring (bicyclic) bond motifs is 1. The lowest BCUT2D eigenvalue weighted by Gasteiger charge is -2.20. The quantitative estimate of drug-likeness (QED) is 0.925. The Morgan fingerprint density at radius 3 is 2.95 bits per heavy atom. The number of aromatic nitrogens is 2. The molecule has 2 atom stereocenters. The molecular formula is C15H19FN4O. The van der Waals surface area contributed by atoms with Gasteiger partial charge in [-0.15, -0.1) is 0 Å². The van der Waals surface area contributed by atoms with E-state index in [0.717, 1.165) is 16.9 Å². The molecule has 0 spiro atoms. The van der Waals surface area contributed by atoms with E-state index in [2.05, 4.69) is 10.3 Å². The number of aryl methyl sites for hydroxylation is 1. The molecule has 2 heterocycles. The molecule has 6 heteroatoms. The highest BCUT2D eigenvalue weighted by Crippen LogP contribution is 2.17. The molecule has 2 aromatic rings. The van der Waals surface area contributed by atoms with E-state index in [1.807, 2.05) is 35.9 Å². The van der Waals surface area contributed by atoms with Gasteiger partial charge in [-0.2, -0.15) is 0 Å². The van der Waals surface area contributed by atoms with Gasteiger partial charge in [0.25, 0.3) is 0 Å². The maximum Gasteiger partial charge on any atom is 0.239 e. The van der Waals surface area contributed by atoms with Crippen LogP contribution in [0.15, 0.2) is 24.3 Å². The first kappa shape index (κ1) is 14.0. The van der Waals surface area contributed by atoms with Gasteiger partial charge in [-0.25, -0.2) is 9.37 Å². The number of benzene rings is 1. The van der Waals surface area contributed by atoms with Gasteiger partial charge < -0.3 is 14.8 Å². The van der Waals surface area contributed by atoms with E-state index in [1.165, 1.54) is 0 Å². The van der Waals surface area contributed by atoms with Gasteiger partial charge in [0.15, 0.2) is 0 Å². The number of alkyl halides is 1. The number of imidazole rings is 1. The molecule has 1 fully saturated rings. The Labute approximate surface area is 122 Å². The van der Waals surface area contributed by atoms with Crippen molar-refractivity contribution in [3.8, 4) is 0 Å². The van der Waals surface area contributed by atoms with Gasteiger partial charge in [-0.3, -0.25) is 4.79 Å². The van der Waals surface area contributed by atoms with Gasteiger partial charge in [0.05, 0.1) is 23.6 Å². The second kappa shape index (κ2) is 5.44. The summed E-state index contributed by atoms with van der Waals surface area (Å²) in [6.45, 7) is 0.676. The molecule has 112 valence electrons. The van der Waals surface area contributed by atoms with Crippen molar-refractivity contribution >= 4 is 16.9 Å². The molecule has 0 saturated carbocycles. The molecule has 3 rings (SSSR count). The summed E-state index contributed by atoms with van der Waals surface area (Å²) in [4.78, 5) is 18.4. The lowest BCUT2D eigenvalue weighted by atomic mass is 10.2. The number of rotatable bonds is 3. The molecule has 0 aliphatic carbocycles. The van der Waals surface area contributed by atoms with Crippen molar-refractivity contribution in [2.45, 2.75) is 25.2 Å². The molecule has 1 aromatic heterocycles. The predicted octanol–water partition coefficient (Wildman–Crippen LogP) is 1.23. The monoisotopic (exact) mass is 290 g/mol. The lowest BCUT2D eigenvalue weighted by Crippen LogP contribution is -2.41. The van der Waals surface area contributed by atoms with Crippen LogP contribution in [0.1, 0.15) is 12.2 Å². The summed E-state index contributed by atoms with van der Waals surface area (Å²) >= 11 is 0. The van der Waals surface area contributed by atoms with Crippen molar-refractivity contribution in [2.24, 2.45) is 7.05 Å². The van der Waals surface area contributed by atoms with Crippen molar-refractivity contribution in [3.05, 3.63) is 30.1 Å². The zero-order valence-corrected chi connectivity index (χ0v) is 12.2. The van der Waals surface area contributed by atoms with Crippen molar-refractivity contribution in [3.63, 3.8) is 0 Å². The fourth-order valence-corrected chi connectivity index (χ4v) is 2.77. The summed E-state index contributed by atoms with van der Waals surface area (Å²) in [7, 11) is 3.67. The zero-order chi connectivity index (χ0) is 15.0. The van der Waals surface area contributed by atoms with Crippen LogP contribution >= 0.6 is 0 Å². The van der Waals surface area contributed by atoms with Gasteiger partial charge in [0, 0.05) is 27.1 Å². The summed E-state index contributed by atoms with van der Waals surface area (Å²) in [5, 5.41) is 2.92. The van der Waals surface area contributed by atoms with Crippen molar-refractivity contribution in [1.82, 2.24) is 19.8 Å². The third-order valence-electron chi connectivity index (χ3n) is 4.01. The lowest BCUT2D eigenvalue weighted by molar-refractivity contribution is -0.132. The summed E-state index contributed by atoms with van der Waals surface area (Å²) in [6.07, 6.45) is -0.672. The van der Waals surface area contributed by atoms with E-state index in [9.17, 15) is 9.18 Å². The third-order valence-corrected chi connectivity index (χ3v) is 4.01. The first-order valence-corrected chi connectivity index (χ1v) is 7.09. The fourth-order valence-electron chi connectivity index (χ4n) is 2.77. The number of amides is 1. The standard InChI is InChI=1S/C15H19FN4O/c1-19(15(21)12-7-10(16)8-17-12)9-14-18-11-5-3-4-6-13(11)20(14)2/h3-6,10,12,17H,7-9H2,1-2H3/t10-,12+/m0/s1. The molecule has 1 N–H and O–H groups in total. The maximum atomic E-state index is 13.2. The van der Waals surface area contributed by atoms with E-state index in [1.54, 1.807) is 11.9 Å². The summed E-state index contributed by atoms with van der Waals surface area (Å²) in [6, 6.07) is 7.44. The summed E-state index contributed by atoms with van der Waals surface area (Å²) < 4.78 is 15.2. The van der Waals surface area contributed by atoms with Crippen LogP contribution in [0, 0.1) is 0 Å². The van der Waals surface area contributed by atoms with Crippen LogP contribution in [0.4, 0.5) is 4.39 Å². The van der Waals surface area contributed by atoms with E-state index in [0.29, 0.717) is 6.54 Å². The Morgan fingerprint density at radius 2 is 2.29 bits per heavy atom. The minimum Gasteiger partial charge on any atom is -0.337 e. The van der Waals surface area contributed by atoms with E-state index >= 15 is 0 Å². The highest BCUT2D eigenvalue weighted by molar-refractivity contribution is 5.82. The number of hydrogen-bond acceptors (Lipinski definition) is 3. The van der Waals surface area contributed by atoms with Crippen LogP contribution in [0.5, 0.6) is 0 Å². The zero-order valence-electron chi connectivity index (χ0n) is 12.2. The number of nitrogens with zero attached hydrogens (tertiary/aromatic N) is 3. The molecule has 1 aliphatic rings. The van der Waals surface area contributed by atoms with Gasteiger partial charge in [0.2, 0.25) is 5.91 Å². The van der Waals surface area contributed by atoms with Crippen LogP contribution in [-0.2, 0) is 18.4 Å². The first-order valence-electron chi connectivity index (χ1n) is 7.09. The molecule has 1 saturated heterocycles. The van der Waals surface area contributed by atoms with Crippen LogP contribution in [0.3, 0.4) is 0 Å². The average molecular weight is 290 g/mol. The van der Waals surface area contributed by atoms with Crippen LogP contribution < -0.4 is 5.32 Å². The molecule has 0 bridgehead atoms. The largest absolute Gasteiger partial charge is 0.337 e. The predicted molar refractivity (Wildman–Crippen MR) is 78.5 cm³/mol. The van der Waals surface area contributed by atoms with Crippen molar-refractivity contribution < 1.29 is 9.18 Å². The van der Waals surface area contributed by atoms with Crippen molar-refractivity contribution in [2.75, 3.05) is 13.6 Å². The molecule has 0 radical (unpaired) electrons. The van der Waals surface area contributed by atoms with Crippen LogP contribution in [-0.4, -0.2) is 46.2 Å². The third kappa shape index (κ3) is 2.63. The van der Waals surface area contributed by atoms with Gasteiger partial charge >= 0.3 is 0 Å². The Bertz CT molecular complexity index is 669. The molecule has 0 unspecified atom stereocenters. The first-order chi connectivity index (χ1) is 10.1. The Balaban J connectivity index is 1.75. The highest BCUT2D eigenvalue weighted by atomic mass is 19.1. The number of nitrogens with one attached hydrogen (secondary N) is 1. The topological polar surface area (TPSA) is 50.2 Å². The van der Waals surface area contributed by atoms with Gasteiger partial charge in [-0.05, 0) is 12.1 Å². The molecule has 1 amide bonds. The van der Waals surface area contributed by atoms with Crippen LogP contribution in [0.2, 0.25) is 0 Å². The number of likely N-dealkylation sites (N-methyl/N-ethyl adjacent to an activating group) is 1. The summed E-state index contributed by atoms with van der Waals surface area (Å²) in [5.74, 6) is 0.740. The maximum absolute atomic E-state index is 13.2. The molecule has 21 heavy (non-hydrogen) atoms.